The summed E-state index contributed by atoms with van der Waals surface area (Å²) in [5, 5.41) is 5.11. The van der Waals surface area contributed by atoms with E-state index in [-0.39, 0.29) is 11.9 Å². The second kappa shape index (κ2) is 6.72. The number of benzene rings is 2. The summed E-state index contributed by atoms with van der Waals surface area (Å²) in [5.41, 5.74) is 3.78. The molecule has 1 unspecified atom stereocenters. The van der Waals surface area contributed by atoms with Crippen LogP contribution in [0.1, 0.15) is 28.9 Å². The molecule has 6 nitrogen and oxygen atoms in total. The Morgan fingerprint density at radius 1 is 1.11 bits per heavy atom. The molecule has 6 heteroatoms. The van der Waals surface area contributed by atoms with E-state index in [4.69, 9.17) is 0 Å². The Morgan fingerprint density at radius 3 is 2.56 bits per heavy atom. The minimum absolute atomic E-state index is 0.0136. The van der Waals surface area contributed by atoms with Crippen molar-refractivity contribution in [3.8, 4) is 5.69 Å². The van der Waals surface area contributed by atoms with Crippen LogP contribution in [0.3, 0.4) is 0 Å². The van der Waals surface area contributed by atoms with Gasteiger partial charge in [0.05, 0.1) is 17.3 Å². The van der Waals surface area contributed by atoms with Crippen molar-refractivity contribution >= 4 is 16.8 Å². The molecule has 1 amide bonds. The Balaban J connectivity index is 1.59. The van der Waals surface area contributed by atoms with E-state index >= 15 is 0 Å². The molecule has 4 rings (SSSR count). The number of para-hydroxylation sites is 1. The molecule has 2 aromatic heterocycles. The zero-order chi connectivity index (χ0) is 19.0. The summed E-state index contributed by atoms with van der Waals surface area (Å²) in [6, 6.07) is 15.9. The number of hydrogen-bond acceptors (Lipinski definition) is 3. The first-order valence-corrected chi connectivity index (χ1v) is 8.82. The Kier molecular flexibility index (Phi) is 4.24. The number of hydrogen-bond donors (Lipinski definition) is 0. The van der Waals surface area contributed by atoms with Crippen molar-refractivity contribution in [2.75, 3.05) is 7.05 Å². The van der Waals surface area contributed by atoms with E-state index < -0.39 is 0 Å². The molecule has 0 aliphatic heterocycles. The van der Waals surface area contributed by atoms with Gasteiger partial charge in [-0.3, -0.25) is 4.79 Å². The van der Waals surface area contributed by atoms with Crippen LogP contribution in [0.25, 0.3) is 16.6 Å². The largest absolute Gasteiger partial charge is 0.350 e. The fourth-order valence-electron chi connectivity index (χ4n) is 3.35. The van der Waals surface area contributed by atoms with Crippen LogP contribution in [0.4, 0.5) is 0 Å². The highest BCUT2D eigenvalue weighted by Crippen LogP contribution is 2.26. The molecule has 27 heavy (non-hydrogen) atoms. The number of aryl methyl sites for hydroxylation is 1. The molecular weight excluding hydrogens is 338 g/mol. The molecular formula is C21H21N5O. The third-order valence-electron chi connectivity index (χ3n) is 5.09. The van der Waals surface area contributed by atoms with E-state index in [2.05, 4.69) is 10.1 Å². The predicted octanol–water partition coefficient (Wildman–Crippen LogP) is 3.59. The molecule has 2 heterocycles. The lowest BCUT2D eigenvalue weighted by Crippen LogP contribution is -2.29. The van der Waals surface area contributed by atoms with Gasteiger partial charge in [-0.2, -0.15) is 5.10 Å². The van der Waals surface area contributed by atoms with Gasteiger partial charge in [0.2, 0.25) is 0 Å². The molecule has 0 radical (unpaired) electrons. The van der Waals surface area contributed by atoms with Crippen molar-refractivity contribution in [1.82, 2.24) is 24.2 Å². The maximum Gasteiger partial charge on any atom is 0.256 e. The summed E-state index contributed by atoms with van der Waals surface area (Å²) in [5.74, 6) is 0.0136. The fourth-order valence-corrected chi connectivity index (χ4v) is 3.35. The topological polar surface area (TPSA) is 56.0 Å². The number of amides is 1. The molecule has 0 bridgehead atoms. The van der Waals surface area contributed by atoms with Crippen LogP contribution in [-0.2, 0) is 7.05 Å². The molecule has 0 saturated heterocycles. The zero-order valence-corrected chi connectivity index (χ0v) is 15.6. The molecule has 1 atom stereocenters. The van der Waals surface area contributed by atoms with Gasteiger partial charge < -0.3 is 9.47 Å². The summed E-state index contributed by atoms with van der Waals surface area (Å²) < 4.78 is 3.70. The van der Waals surface area contributed by atoms with E-state index in [0.29, 0.717) is 0 Å². The summed E-state index contributed by atoms with van der Waals surface area (Å²) in [6.07, 6.45) is 5.08. The Morgan fingerprint density at radius 2 is 1.85 bits per heavy atom. The molecule has 136 valence electrons. The quantitative estimate of drug-likeness (QED) is 0.559. The lowest BCUT2D eigenvalue weighted by molar-refractivity contribution is 0.0744. The molecule has 0 fully saturated rings. The van der Waals surface area contributed by atoms with E-state index in [9.17, 15) is 4.79 Å². The summed E-state index contributed by atoms with van der Waals surface area (Å²) in [6.45, 7) is 2.04. The summed E-state index contributed by atoms with van der Waals surface area (Å²) in [4.78, 5) is 18.9. The third kappa shape index (κ3) is 2.99. The van der Waals surface area contributed by atoms with Crippen LogP contribution < -0.4 is 0 Å². The van der Waals surface area contributed by atoms with Crippen LogP contribution >= 0.6 is 0 Å². The van der Waals surface area contributed by atoms with Crippen LogP contribution in [0.15, 0.2) is 67.4 Å². The Labute approximate surface area is 157 Å². The summed E-state index contributed by atoms with van der Waals surface area (Å²) >= 11 is 0. The van der Waals surface area contributed by atoms with Crippen LogP contribution in [-0.4, -0.2) is 37.2 Å². The van der Waals surface area contributed by atoms with Gasteiger partial charge in [0.1, 0.15) is 12.7 Å². The molecule has 0 spiro atoms. The Hall–Kier alpha value is -3.41. The molecule has 2 aromatic carbocycles. The SMILES string of the molecule is CC(c1ccc(-n2cncn2)cc1)N(C)C(=O)c1cn(C)c2ccccc12. The maximum absolute atomic E-state index is 13.1. The molecule has 0 aliphatic rings. The average molecular weight is 359 g/mol. The van der Waals surface area contributed by atoms with Crippen molar-refractivity contribution < 1.29 is 4.79 Å². The average Bonchev–Trinajstić information content (AvgIpc) is 3.35. The number of aromatic nitrogens is 4. The smallest absolute Gasteiger partial charge is 0.256 e. The Bertz CT molecular complexity index is 1080. The maximum atomic E-state index is 13.1. The van der Waals surface area contributed by atoms with Gasteiger partial charge in [0.25, 0.3) is 5.91 Å². The highest BCUT2D eigenvalue weighted by molar-refractivity contribution is 6.07. The highest BCUT2D eigenvalue weighted by Gasteiger charge is 2.22. The standard InChI is InChI=1S/C21H21N5O/c1-15(16-8-10-17(11-9-16)26-14-22-13-23-26)25(3)21(27)19-12-24(2)20-7-5-4-6-18(19)20/h4-15H,1-3H3. The molecule has 0 N–H and O–H groups in total. The number of rotatable bonds is 4. The lowest BCUT2D eigenvalue weighted by atomic mass is 10.1. The van der Waals surface area contributed by atoms with Crippen molar-refractivity contribution in [3.05, 3.63) is 78.5 Å². The van der Waals surface area contributed by atoms with Crippen molar-refractivity contribution in [1.29, 1.82) is 0 Å². The normalized spacial score (nSPS) is 12.3. The van der Waals surface area contributed by atoms with Gasteiger partial charge >= 0.3 is 0 Å². The molecule has 4 aromatic rings. The van der Waals surface area contributed by atoms with Crippen molar-refractivity contribution in [2.45, 2.75) is 13.0 Å². The van der Waals surface area contributed by atoms with Crippen LogP contribution in [0, 0.1) is 0 Å². The van der Waals surface area contributed by atoms with Gasteiger partial charge in [0, 0.05) is 31.2 Å². The first kappa shape index (κ1) is 17.0. The van der Waals surface area contributed by atoms with Gasteiger partial charge in [-0.25, -0.2) is 9.67 Å². The van der Waals surface area contributed by atoms with Gasteiger partial charge in [0.15, 0.2) is 0 Å². The summed E-state index contributed by atoms with van der Waals surface area (Å²) in [7, 11) is 3.81. The minimum atomic E-state index is -0.0544. The van der Waals surface area contributed by atoms with Crippen molar-refractivity contribution in [2.24, 2.45) is 7.05 Å². The second-order valence-electron chi connectivity index (χ2n) is 6.69. The van der Waals surface area contributed by atoms with Gasteiger partial charge in [-0.1, -0.05) is 30.3 Å². The van der Waals surface area contributed by atoms with E-state index in [1.807, 2.05) is 80.3 Å². The van der Waals surface area contributed by atoms with Crippen LogP contribution in [0.2, 0.25) is 0 Å². The predicted molar refractivity (Wildman–Crippen MR) is 105 cm³/mol. The first-order chi connectivity index (χ1) is 13.1. The van der Waals surface area contributed by atoms with E-state index in [1.165, 1.54) is 6.33 Å². The lowest BCUT2D eigenvalue weighted by Gasteiger charge is -2.25. The number of carbonyl (C=O) groups is 1. The van der Waals surface area contributed by atoms with Crippen molar-refractivity contribution in [3.63, 3.8) is 0 Å². The number of nitrogens with zero attached hydrogens (tertiary/aromatic N) is 5. The highest BCUT2D eigenvalue weighted by atomic mass is 16.2. The molecule has 0 saturated carbocycles. The first-order valence-electron chi connectivity index (χ1n) is 8.82. The van der Waals surface area contributed by atoms with Gasteiger partial charge in [-0.05, 0) is 30.7 Å². The second-order valence-corrected chi connectivity index (χ2v) is 6.69. The number of carbonyl (C=O) groups excluding carboxylic acids is 1. The number of fused-ring (bicyclic) bond motifs is 1. The molecule has 0 aliphatic carbocycles. The van der Waals surface area contributed by atoms with E-state index in [1.54, 1.807) is 15.9 Å². The van der Waals surface area contributed by atoms with Gasteiger partial charge in [-0.15, -0.1) is 0 Å². The van der Waals surface area contributed by atoms with E-state index in [0.717, 1.165) is 27.7 Å². The fraction of sp³-hybridized carbons (Fsp3) is 0.190. The monoisotopic (exact) mass is 359 g/mol. The zero-order valence-electron chi connectivity index (χ0n) is 15.6. The third-order valence-corrected chi connectivity index (χ3v) is 5.09. The van der Waals surface area contributed by atoms with Crippen LogP contribution in [0.5, 0.6) is 0 Å². The minimum Gasteiger partial charge on any atom is -0.350 e.